The lowest BCUT2D eigenvalue weighted by atomic mass is 9.95. The summed E-state index contributed by atoms with van der Waals surface area (Å²) in [6, 6.07) is 0. The zero-order chi connectivity index (χ0) is 12.6. The highest BCUT2D eigenvalue weighted by Crippen LogP contribution is 2.21. The summed E-state index contributed by atoms with van der Waals surface area (Å²) in [5, 5.41) is 0. The summed E-state index contributed by atoms with van der Waals surface area (Å²) in [5.41, 5.74) is 11.5. The van der Waals surface area contributed by atoms with Crippen LogP contribution in [0.2, 0.25) is 0 Å². The van der Waals surface area contributed by atoms with Crippen molar-refractivity contribution in [3.63, 3.8) is 0 Å². The molecule has 0 aliphatic rings. The number of rotatable bonds is 3. The topological polar surface area (TPSA) is 126 Å². The quantitative estimate of drug-likeness (QED) is 0.593. The minimum atomic E-state index is -0.314. The molecular weight excluding hydrogens is 220 g/mol. The Morgan fingerprint density at radius 3 is 2.59 bits per heavy atom. The molecule has 1 unspecified atom stereocenters. The van der Waals surface area contributed by atoms with Crippen LogP contribution in [0.4, 0.5) is 5.95 Å². The van der Waals surface area contributed by atoms with Crippen LogP contribution in [0.25, 0.3) is 11.2 Å². The van der Waals surface area contributed by atoms with E-state index in [1.165, 1.54) is 0 Å². The highest BCUT2D eigenvalue weighted by molar-refractivity contribution is 5.70. The molecular formula is C10H16N6O. The van der Waals surface area contributed by atoms with Crippen LogP contribution in [0.5, 0.6) is 0 Å². The van der Waals surface area contributed by atoms with E-state index < -0.39 is 0 Å². The van der Waals surface area contributed by atoms with Gasteiger partial charge in [-0.2, -0.15) is 4.98 Å². The third-order valence-electron chi connectivity index (χ3n) is 2.81. The highest BCUT2D eigenvalue weighted by atomic mass is 16.1. The number of nitrogen functional groups attached to an aromatic ring is 1. The van der Waals surface area contributed by atoms with Gasteiger partial charge in [-0.05, 0) is 5.92 Å². The predicted molar refractivity (Wildman–Crippen MR) is 65.6 cm³/mol. The Balaban J connectivity index is 2.58. The van der Waals surface area contributed by atoms with Gasteiger partial charge < -0.3 is 16.5 Å². The SMILES string of the molecule is CC(C)C(CN)c1nc2nc(N)[nH]c(=O)c2[nH]1. The molecule has 17 heavy (non-hydrogen) atoms. The molecule has 0 aromatic carbocycles. The van der Waals surface area contributed by atoms with E-state index in [9.17, 15) is 4.79 Å². The number of nitrogens with two attached hydrogens (primary N) is 2. The Labute approximate surface area is 97.6 Å². The average molecular weight is 236 g/mol. The fourth-order valence-electron chi connectivity index (χ4n) is 1.82. The van der Waals surface area contributed by atoms with Crippen LogP contribution in [0.15, 0.2) is 4.79 Å². The van der Waals surface area contributed by atoms with Crippen molar-refractivity contribution in [1.82, 2.24) is 19.9 Å². The molecule has 0 spiro atoms. The molecule has 0 saturated carbocycles. The molecule has 7 heteroatoms. The molecule has 0 aliphatic heterocycles. The first-order valence-electron chi connectivity index (χ1n) is 5.48. The van der Waals surface area contributed by atoms with Gasteiger partial charge in [0.25, 0.3) is 5.56 Å². The zero-order valence-corrected chi connectivity index (χ0v) is 9.82. The number of H-pyrrole nitrogens is 2. The number of nitrogens with one attached hydrogen (secondary N) is 2. The van der Waals surface area contributed by atoms with Crippen LogP contribution in [0.3, 0.4) is 0 Å². The van der Waals surface area contributed by atoms with Gasteiger partial charge in [-0.15, -0.1) is 0 Å². The van der Waals surface area contributed by atoms with Crippen LogP contribution in [0, 0.1) is 5.92 Å². The first-order valence-corrected chi connectivity index (χ1v) is 5.48. The molecule has 7 nitrogen and oxygen atoms in total. The summed E-state index contributed by atoms with van der Waals surface area (Å²) in [5.74, 6) is 1.15. The van der Waals surface area contributed by atoms with Crippen LogP contribution in [0.1, 0.15) is 25.6 Å². The van der Waals surface area contributed by atoms with Gasteiger partial charge in [0.15, 0.2) is 11.2 Å². The first kappa shape index (κ1) is 11.6. The van der Waals surface area contributed by atoms with E-state index in [0.29, 0.717) is 29.5 Å². The first-order chi connectivity index (χ1) is 8.02. The Hall–Kier alpha value is -1.89. The highest BCUT2D eigenvalue weighted by Gasteiger charge is 2.19. The normalized spacial score (nSPS) is 13.4. The molecule has 0 amide bonds. The van der Waals surface area contributed by atoms with Gasteiger partial charge in [-0.25, -0.2) is 4.98 Å². The number of anilines is 1. The molecule has 2 aromatic rings. The lowest BCUT2D eigenvalue weighted by molar-refractivity contribution is 0.488. The van der Waals surface area contributed by atoms with Crippen molar-refractivity contribution in [1.29, 1.82) is 0 Å². The molecule has 0 radical (unpaired) electrons. The van der Waals surface area contributed by atoms with E-state index in [1.807, 2.05) is 0 Å². The molecule has 92 valence electrons. The van der Waals surface area contributed by atoms with Crippen molar-refractivity contribution in [2.45, 2.75) is 19.8 Å². The molecule has 2 rings (SSSR count). The number of fused-ring (bicyclic) bond motifs is 1. The number of aromatic amines is 2. The molecule has 2 aromatic heterocycles. The number of hydrogen-bond donors (Lipinski definition) is 4. The zero-order valence-electron chi connectivity index (χ0n) is 9.82. The van der Waals surface area contributed by atoms with Crippen molar-refractivity contribution in [3.05, 3.63) is 16.2 Å². The van der Waals surface area contributed by atoms with Gasteiger partial charge in [0.2, 0.25) is 5.95 Å². The summed E-state index contributed by atoms with van der Waals surface area (Å²) >= 11 is 0. The molecule has 0 fully saturated rings. The van der Waals surface area contributed by atoms with Gasteiger partial charge in [0.05, 0.1) is 0 Å². The largest absolute Gasteiger partial charge is 0.369 e. The van der Waals surface area contributed by atoms with E-state index in [2.05, 4.69) is 33.8 Å². The van der Waals surface area contributed by atoms with Gasteiger partial charge in [0, 0.05) is 12.5 Å². The summed E-state index contributed by atoms with van der Waals surface area (Å²) < 4.78 is 0. The van der Waals surface area contributed by atoms with Crippen molar-refractivity contribution < 1.29 is 0 Å². The summed E-state index contributed by atoms with van der Waals surface area (Å²) in [4.78, 5) is 25.3. The smallest absolute Gasteiger partial charge is 0.278 e. The number of imidazole rings is 1. The molecule has 0 saturated heterocycles. The molecule has 2 heterocycles. The lowest BCUT2D eigenvalue weighted by Gasteiger charge is -2.15. The van der Waals surface area contributed by atoms with E-state index >= 15 is 0 Å². The fraction of sp³-hybridized carbons (Fsp3) is 0.500. The van der Waals surface area contributed by atoms with Crippen molar-refractivity contribution in [3.8, 4) is 0 Å². The second-order valence-corrected chi connectivity index (χ2v) is 4.36. The summed E-state index contributed by atoms with van der Waals surface area (Å²) in [7, 11) is 0. The second-order valence-electron chi connectivity index (χ2n) is 4.36. The summed E-state index contributed by atoms with van der Waals surface area (Å²) in [6.07, 6.45) is 0. The minimum Gasteiger partial charge on any atom is -0.369 e. The maximum Gasteiger partial charge on any atom is 0.278 e. The Morgan fingerprint density at radius 2 is 2.00 bits per heavy atom. The fourth-order valence-corrected chi connectivity index (χ4v) is 1.82. The molecule has 0 aliphatic carbocycles. The van der Waals surface area contributed by atoms with Crippen LogP contribution in [-0.4, -0.2) is 26.5 Å². The predicted octanol–water partition coefficient (Wildman–Crippen LogP) is -0.0733. The third kappa shape index (κ3) is 2.01. The van der Waals surface area contributed by atoms with Crippen molar-refractivity contribution in [2.75, 3.05) is 12.3 Å². The Kier molecular flexibility index (Phi) is 2.84. The van der Waals surface area contributed by atoms with Gasteiger partial charge >= 0.3 is 0 Å². The van der Waals surface area contributed by atoms with E-state index in [0.717, 1.165) is 0 Å². The number of hydrogen-bond acceptors (Lipinski definition) is 5. The Morgan fingerprint density at radius 1 is 1.29 bits per heavy atom. The van der Waals surface area contributed by atoms with Crippen molar-refractivity contribution in [2.24, 2.45) is 11.7 Å². The van der Waals surface area contributed by atoms with E-state index in [1.54, 1.807) is 0 Å². The third-order valence-corrected chi connectivity index (χ3v) is 2.81. The maximum absolute atomic E-state index is 11.6. The summed E-state index contributed by atoms with van der Waals surface area (Å²) in [6.45, 7) is 4.57. The average Bonchev–Trinajstić information content (AvgIpc) is 2.61. The number of aromatic nitrogens is 4. The minimum absolute atomic E-state index is 0.0643. The number of nitrogens with zero attached hydrogens (tertiary/aromatic N) is 2. The van der Waals surface area contributed by atoms with Crippen LogP contribution < -0.4 is 17.0 Å². The van der Waals surface area contributed by atoms with Crippen molar-refractivity contribution >= 4 is 17.1 Å². The monoisotopic (exact) mass is 236 g/mol. The lowest BCUT2D eigenvalue weighted by Crippen LogP contribution is -2.19. The van der Waals surface area contributed by atoms with E-state index in [4.69, 9.17) is 11.5 Å². The standard InChI is InChI=1S/C10H16N6O/c1-4(2)5(3-11)7-13-6-8(14-7)15-10(12)16-9(6)17/h4-5H,3,11H2,1-2H3,(H4,12,13,14,15,16,17). The van der Waals surface area contributed by atoms with Gasteiger partial charge in [-0.3, -0.25) is 9.78 Å². The molecule has 6 N–H and O–H groups in total. The molecule has 0 bridgehead atoms. The van der Waals surface area contributed by atoms with Gasteiger partial charge in [-0.1, -0.05) is 13.8 Å². The Bertz CT molecular complexity index is 584. The van der Waals surface area contributed by atoms with Gasteiger partial charge in [0.1, 0.15) is 5.82 Å². The maximum atomic E-state index is 11.6. The van der Waals surface area contributed by atoms with Crippen LogP contribution in [-0.2, 0) is 0 Å². The van der Waals surface area contributed by atoms with E-state index in [-0.39, 0.29) is 17.4 Å². The molecule has 1 atom stereocenters. The second kappa shape index (κ2) is 4.17. The van der Waals surface area contributed by atoms with Crippen LogP contribution >= 0.6 is 0 Å².